The van der Waals surface area contributed by atoms with E-state index in [9.17, 15) is 14.4 Å². The highest BCUT2D eigenvalue weighted by molar-refractivity contribution is 5.97. The molecule has 5 heteroatoms. The van der Waals surface area contributed by atoms with Crippen LogP contribution < -0.4 is 0 Å². The number of amides is 1. The van der Waals surface area contributed by atoms with Crippen LogP contribution in [0, 0.1) is 0 Å². The second-order valence-corrected chi connectivity index (χ2v) is 3.09. The minimum absolute atomic E-state index is 0.0869. The van der Waals surface area contributed by atoms with E-state index in [2.05, 4.69) is 0 Å². The standard InChI is InChI=1S/C10H17NO4/c1-4-11(7-10(14)15-5-2)9(13)6-8(3)12/h4-7H2,1-3H3. The van der Waals surface area contributed by atoms with Crippen molar-refractivity contribution in [3.63, 3.8) is 0 Å². The van der Waals surface area contributed by atoms with Crippen molar-refractivity contribution in [1.82, 2.24) is 4.90 Å². The molecule has 86 valence electrons. The average Bonchev–Trinajstić information content (AvgIpc) is 2.13. The number of esters is 1. The number of ether oxygens (including phenoxy) is 1. The first-order chi connectivity index (χ1) is 7.01. The second-order valence-electron chi connectivity index (χ2n) is 3.09. The average molecular weight is 215 g/mol. The van der Waals surface area contributed by atoms with Crippen LogP contribution in [0.5, 0.6) is 0 Å². The molecule has 0 N–H and O–H groups in total. The summed E-state index contributed by atoms with van der Waals surface area (Å²) in [6.45, 7) is 5.39. The van der Waals surface area contributed by atoms with E-state index in [1.54, 1.807) is 13.8 Å². The van der Waals surface area contributed by atoms with Gasteiger partial charge >= 0.3 is 5.97 Å². The van der Waals surface area contributed by atoms with Gasteiger partial charge in [0.25, 0.3) is 0 Å². The van der Waals surface area contributed by atoms with Crippen molar-refractivity contribution in [3.05, 3.63) is 0 Å². The Morgan fingerprint density at radius 1 is 1.20 bits per heavy atom. The maximum atomic E-state index is 11.4. The van der Waals surface area contributed by atoms with Gasteiger partial charge in [0.2, 0.25) is 5.91 Å². The van der Waals surface area contributed by atoms with Crippen LogP contribution in [0.4, 0.5) is 0 Å². The van der Waals surface area contributed by atoms with Crippen molar-refractivity contribution in [1.29, 1.82) is 0 Å². The fourth-order valence-corrected chi connectivity index (χ4v) is 1.06. The van der Waals surface area contributed by atoms with Gasteiger partial charge in [-0.05, 0) is 20.8 Å². The first-order valence-electron chi connectivity index (χ1n) is 4.94. The van der Waals surface area contributed by atoms with Gasteiger partial charge in [-0.15, -0.1) is 0 Å². The smallest absolute Gasteiger partial charge is 0.325 e. The molecule has 0 rings (SSSR count). The number of hydrogen-bond acceptors (Lipinski definition) is 4. The zero-order valence-electron chi connectivity index (χ0n) is 9.41. The number of carbonyl (C=O) groups excluding carboxylic acids is 3. The van der Waals surface area contributed by atoms with Gasteiger partial charge in [0.1, 0.15) is 12.3 Å². The van der Waals surface area contributed by atoms with Gasteiger partial charge in [-0.2, -0.15) is 0 Å². The van der Waals surface area contributed by atoms with Gasteiger partial charge in [0.15, 0.2) is 0 Å². The Morgan fingerprint density at radius 2 is 1.80 bits per heavy atom. The molecule has 0 radical (unpaired) electrons. The van der Waals surface area contributed by atoms with Gasteiger partial charge in [-0.1, -0.05) is 0 Å². The van der Waals surface area contributed by atoms with Gasteiger partial charge < -0.3 is 9.64 Å². The highest BCUT2D eigenvalue weighted by Gasteiger charge is 2.17. The number of ketones is 1. The van der Waals surface area contributed by atoms with Crippen molar-refractivity contribution in [3.8, 4) is 0 Å². The predicted molar refractivity (Wildman–Crippen MR) is 54.2 cm³/mol. The zero-order valence-corrected chi connectivity index (χ0v) is 9.41. The molecule has 0 aliphatic rings. The lowest BCUT2D eigenvalue weighted by atomic mass is 10.3. The van der Waals surface area contributed by atoms with E-state index in [1.165, 1.54) is 11.8 Å². The molecule has 0 bridgehead atoms. The van der Waals surface area contributed by atoms with Crippen molar-refractivity contribution in [2.24, 2.45) is 0 Å². The molecule has 0 fully saturated rings. The molecule has 0 atom stereocenters. The van der Waals surface area contributed by atoms with E-state index in [4.69, 9.17) is 4.74 Å². The fourth-order valence-electron chi connectivity index (χ4n) is 1.06. The first kappa shape index (κ1) is 13.6. The number of hydrogen-bond donors (Lipinski definition) is 0. The topological polar surface area (TPSA) is 63.7 Å². The Morgan fingerprint density at radius 3 is 2.20 bits per heavy atom. The molecule has 0 heterocycles. The van der Waals surface area contributed by atoms with Gasteiger partial charge in [0.05, 0.1) is 13.0 Å². The van der Waals surface area contributed by atoms with E-state index in [1.807, 2.05) is 0 Å². The molecule has 15 heavy (non-hydrogen) atoms. The third kappa shape index (κ3) is 5.83. The number of carbonyl (C=O) groups is 3. The summed E-state index contributed by atoms with van der Waals surface area (Å²) in [7, 11) is 0. The summed E-state index contributed by atoms with van der Waals surface area (Å²) in [5.41, 5.74) is 0. The summed E-state index contributed by atoms with van der Waals surface area (Å²) in [6.07, 6.45) is -0.159. The lowest BCUT2D eigenvalue weighted by Gasteiger charge is -2.18. The molecular formula is C10H17NO4. The van der Waals surface area contributed by atoms with Crippen LogP contribution in [0.15, 0.2) is 0 Å². The van der Waals surface area contributed by atoms with E-state index in [0.29, 0.717) is 6.54 Å². The van der Waals surface area contributed by atoms with Crippen LogP contribution in [0.3, 0.4) is 0 Å². The molecule has 1 amide bonds. The molecule has 0 saturated carbocycles. The molecule has 0 aliphatic carbocycles. The maximum absolute atomic E-state index is 11.4. The van der Waals surface area contributed by atoms with Crippen molar-refractivity contribution in [2.45, 2.75) is 27.2 Å². The first-order valence-corrected chi connectivity index (χ1v) is 4.94. The van der Waals surface area contributed by atoms with Crippen LogP contribution >= 0.6 is 0 Å². The van der Waals surface area contributed by atoms with Crippen LogP contribution in [-0.2, 0) is 19.1 Å². The van der Waals surface area contributed by atoms with Crippen LogP contribution in [-0.4, -0.2) is 42.3 Å². The Labute approximate surface area is 89.4 Å². The van der Waals surface area contributed by atoms with Crippen molar-refractivity contribution < 1.29 is 19.1 Å². The molecule has 5 nitrogen and oxygen atoms in total. The number of nitrogens with zero attached hydrogens (tertiary/aromatic N) is 1. The van der Waals surface area contributed by atoms with E-state index >= 15 is 0 Å². The number of likely N-dealkylation sites (N-methyl/N-ethyl adjacent to an activating group) is 1. The molecule has 0 saturated heterocycles. The summed E-state index contributed by atoms with van der Waals surface area (Å²) >= 11 is 0. The minimum Gasteiger partial charge on any atom is -0.465 e. The minimum atomic E-state index is -0.448. The summed E-state index contributed by atoms with van der Waals surface area (Å²) in [5.74, 6) is -0.989. The van der Waals surface area contributed by atoms with Crippen LogP contribution in [0.2, 0.25) is 0 Å². The highest BCUT2D eigenvalue weighted by atomic mass is 16.5. The second kappa shape index (κ2) is 6.98. The molecule has 0 aliphatic heterocycles. The molecule has 0 unspecified atom stereocenters. The van der Waals surface area contributed by atoms with E-state index < -0.39 is 5.97 Å². The molecule has 0 aromatic heterocycles. The van der Waals surface area contributed by atoms with Gasteiger partial charge in [-0.3, -0.25) is 14.4 Å². The Balaban J connectivity index is 4.17. The Kier molecular flexibility index (Phi) is 6.33. The van der Waals surface area contributed by atoms with Crippen molar-refractivity contribution in [2.75, 3.05) is 19.7 Å². The predicted octanol–water partition coefficient (Wildman–Crippen LogP) is 0.377. The fraction of sp³-hybridized carbons (Fsp3) is 0.700. The number of Topliss-reactive ketones (excluding diaryl/α,β-unsaturated/α-hetero) is 1. The Hall–Kier alpha value is -1.39. The normalized spacial score (nSPS) is 9.53. The third-order valence-corrected chi connectivity index (χ3v) is 1.76. The molecule has 0 spiro atoms. The van der Waals surface area contributed by atoms with Crippen LogP contribution in [0.25, 0.3) is 0 Å². The molecule has 0 aromatic rings. The monoisotopic (exact) mass is 215 g/mol. The molecular weight excluding hydrogens is 198 g/mol. The van der Waals surface area contributed by atoms with Crippen molar-refractivity contribution >= 4 is 17.7 Å². The zero-order chi connectivity index (χ0) is 11.8. The quantitative estimate of drug-likeness (QED) is 0.474. The van der Waals surface area contributed by atoms with Gasteiger partial charge in [-0.25, -0.2) is 0 Å². The van der Waals surface area contributed by atoms with Crippen LogP contribution in [0.1, 0.15) is 27.2 Å². The summed E-state index contributed by atoms with van der Waals surface area (Å²) in [4.78, 5) is 34.6. The summed E-state index contributed by atoms with van der Waals surface area (Å²) in [5, 5.41) is 0. The number of rotatable bonds is 6. The lowest BCUT2D eigenvalue weighted by molar-refractivity contribution is -0.149. The van der Waals surface area contributed by atoms with E-state index in [-0.39, 0.29) is 31.3 Å². The maximum Gasteiger partial charge on any atom is 0.325 e. The summed E-state index contributed by atoms with van der Waals surface area (Å²) < 4.78 is 4.71. The summed E-state index contributed by atoms with van der Waals surface area (Å²) in [6, 6.07) is 0. The largest absolute Gasteiger partial charge is 0.465 e. The van der Waals surface area contributed by atoms with E-state index in [0.717, 1.165) is 0 Å². The lowest BCUT2D eigenvalue weighted by Crippen LogP contribution is -2.37. The van der Waals surface area contributed by atoms with Gasteiger partial charge in [0, 0.05) is 6.54 Å². The highest BCUT2D eigenvalue weighted by Crippen LogP contribution is 1.96. The molecule has 0 aromatic carbocycles. The third-order valence-electron chi connectivity index (χ3n) is 1.76. The SMILES string of the molecule is CCOC(=O)CN(CC)C(=O)CC(C)=O. The Bertz CT molecular complexity index is 250.